The van der Waals surface area contributed by atoms with E-state index in [1.165, 1.54) is 5.56 Å². The van der Waals surface area contributed by atoms with Crippen LogP contribution in [0.25, 0.3) is 11.1 Å². The van der Waals surface area contributed by atoms with Gasteiger partial charge in [-0.1, -0.05) is 103 Å². The molecule has 4 aromatic carbocycles. The van der Waals surface area contributed by atoms with E-state index < -0.39 is 12.2 Å². The number of nitrogens with zero attached hydrogens (tertiary/aromatic N) is 3. The number of para-hydroxylation sites is 2. The van der Waals surface area contributed by atoms with Crippen molar-refractivity contribution in [3.05, 3.63) is 150 Å². The minimum Gasteiger partial charge on any atom is -0.446 e. The maximum absolute atomic E-state index is 12.9. The molecule has 2 saturated heterocycles. The van der Waals surface area contributed by atoms with Gasteiger partial charge in [0.05, 0.1) is 17.1 Å². The molecule has 5 aromatic rings. The standard InChI is InChI=1S/C44H47N5O4/c50-43(46-41-20-9-7-16-35(41)30-33-12-3-1-4-13-33)52-38-22-26-48(27-23-38)31-36-17-11-18-37(45-36)32-49-28-24-39(25-29-49)53-44(51)47-42-21-10-8-19-40(42)34-14-5-2-6-15-34/h1-21,38-39H,22-32H2,(H,46,50)(H,47,51). The zero-order valence-corrected chi connectivity index (χ0v) is 30.0. The molecule has 2 aliphatic heterocycles. The van der Waals surface area contributed by atoms with Gasteiger partial charge in [0.15, 0.2) is 0 Å². The van der Waals surface area contributed by atoms with E-state index in [2.05, 4.69) is 50.8 Å². The van der Waals surface area contributed by atoms with Crippen molar-refractivity contribution in [3.63, 3.8) is 0 Å². The quantitative estimate of drug-likeness (QED) is 0.142. The van der Waals surface area contributed by atoms with E-state index >= 15 is 0 Å². The molecule has 1 aromatic heterocycles. The molecule has 3 heterocycles. The largest absolute Gasteiger partial charge is 0.446 e. The van der Waals surface area contributed by atoms with Gasteiger partial charge in [-0.2, -0.15) is 0 Å². The van der Waals surface area contributed by atoms with E-state index in [4.69, 9.17) is 14.5 Å². The summed E-state index contributed by atoms with van der Waals surface area (Å²) in [5.74, 6) is 0. The highest BCUT2D eigenvalue weighted by atomic mass is 16.6. The SMILES string of the molecule is O=C(Nc1ccccc1Cc1ccccc1)OC1CCN(Cc2cccc(CN3CCC(OC(=O)Nc4ccccc4-c4ccccc4)CC3)n2)CC1. The van der Waals surface area contributed by atoms with Gasteiger partial charge in [-0.15, -0.1) is 0 Å². The summed E-state index contributed by atoms with van der Waals surface area (Å²) >= 11 is 0. The molecule has 2 fully saturated rings. The highest BCUT2D eigenvalue weighted by Crippen LogP contribution is 2.28. The number of carbonyl (C=O) groups excluding carboxylic acids is 2. The molecule has 0 saturated carbocycles. The number of piperidine rings is 2. The Morgan fingerprint density at radius 1 is 0.566 bits per heavy atom. The molecule has 9 nitrogen and oxygen atoms in total. The second-order valence-electron chi connectivity index (χ2n) is 13.9. The summed E-state index contributed by atoms with van der Waals surface area (Å²) in [7, 11) is 0. The fourth-order valence-electron chi connectivity index (χ4n) is 7.19. The second-order valence-corrected chi connectivity index (χ2v) is 13.9. The van der Waals surface area contributed by atoms with E-state index in [0.29, 0.717) is 0 Å². The summed E-state index contributed by atoms with van der Waals surface area (Å²) < 4.78 is 11.7. The maximum atomic E-state index is 12.9. The van der Waals surface area contributed by atoms with Gasteiger partial charge in [-0.3, -0.25) is 25.4 Å². The summed E-state index contributed by atoms with van der Waals surface area (Å²) in [6, 6.07) is 42.2. The van der Waals surface area contributed by atoms with Gasteiger partial charge in [0, 0.05) is 50.5 Å². The first-order valence-corrected chi connectivity index (χ1v) is 18.6. The number of pyridine rings is 1. The number of anilines is 2. The van der Waals surface area contributed by atoms with Gasteiger partial charge < -0.3 is 9.47 Å². The van der Waals surface area contributed by atoms with Gasteiger partial charge in [-0.25, -0.2) is 9.59 Å². The van der Waals surface area contributed by atoms with Crippen LogP contribution < -0.4 is 10.6 Å². The highest BCUT2D eigenvalue weighted by Gasteiger charge is 2.25. The van der Waals surface area contributed by atoms with Crippen molar-refractivity contribution in [2.24, 2.45) is 0 Å². The zero-order valence-electron chi connectivity index (χ0n) is 30.0. The van der Waals surface area contributed by atoms with E-state index in [9.17, 15) is 9.59 Å². The number of aromatic nitrogens is 1. The predicted octanol–water partition coefficient (Wildman–Crippen LogP) is 8.77. The molecule has 0 radical (unpaired) electrons. The molecule has 0 unspecified atom stereocenters. The molecule has 7 rings (SSSR count). The number of likely N-dealkylation sites (tertiary alicyclic amines) is 2. The van der Waals surface area contributed by atoms with Crippen LogP contribution in [0.15, 0.2) is 127 Å². The molecule has 2 amide bonds. The number of amides is 2. The highest BCUT2D eigenvalue weighted by molar-refractivity contribution is 5.91. The van der Waals surface area contributed by atoms with Crippen LogP contribution in [0.2, 0.25) is 0 Å². The third-order valence-corrected chi connectivity index (χ3v) is 9.99. The summed E-state index contributed by atoms with van der Waals surface area (Å²) in [5.41, 5.74) is 7.86. The Kier molecular flexibility index (Phi) is 12.1. The Hall–Kier alpha value is -5.51. The van der Waals surface area contributed by atoms with Crippen molar-refractivity contribution >= 4 is 23.6 Å². The Morgan fingerprint density at radius 3 is 1.66 bits per heavy atom. The average Bonchev–Trinajstić information content (AvgIpc) is 3.18. The van der Waals surface area contributed by atoms with Crippen molar-refractivity contribution in [2.45, 2.75) is 57.4 Å². The van der Waals surface area contributed by atoms with Crippen LogP contribution in [0.4, 0.5) is 21.0 Å². The Balaban J connectivity index is 0.821. The zero-order chi connectivity index (χ0) is 36.2. The lowest BCUT2D eigenvalue weighted by molar-refractivity contribution is 0.0558. The lowest BCUT2D eigenvalue weighted by Crippen LogP contribution is -2.38. The molecule has 0 spiro atoms. The monoisotopic (exact) mass is 709 g/mol. The number of benzene rings is 4. The lowest BCUT2D eigenvalue weighted by Gasteiger charge is -2.32. The van der Waals surface area contributed by atoms with Crippen LogP contribution in [0.1, 0.15) is 48.2 Å². The molecule has 0 aliphatic carbocycles. The van der Waals surface area contributed by atoms with Crippen LogP contribution in [0.3, 0.4) is 0 Å². The van der Waals surface area contributed by atoms with Crippen LogP contribution in [-0.4, -0.2) is 65.4 Å². The summed E-state index contributed by atoms with van der Waals surface area (Å²) in [5, 5.41) is 5.94. The maximum Gasteiger partial charge on any atom is 0.411 e. The first-order chi connectivity index (χ1) is 26.0. The van der Waals surface area contributed by atoms with Gasteiger partial charge in [0.2, 0.25) is 0 Å². The van der Waals surface area contributed by atoms with Crippen molar-refractivity contribution in [2.75, 3.05) is 36.8 Å². The summed E-state index contributed by atoms with van der Waals surface area (Å²) in [6.07, 6.45) is 2.82. The Morgan fingerprint density at radius 2 is 1.06 bits per heavy atom. The van der Waals surface area contributed by atoms with Crippen LogP contribution in [-0.2, 0) is 29.0 Å². The topological polar surface area (TPSA) is 96.0 Å². The Bertz CT molecular complexity index is 1940. The second kappa shape index (κ2) is 17.8. The van der Waals surface area contributed by atoms with E-state index in [1.807, 2.05) is 97.1 Å². The van der Waals surface area contributed by atoms with E-state index in [-0.39, 0.29) is 12.2 Å². The third kappa shape index (κ3) is 10.3. The lowest BCUT2D eigenvalue weighted by atomic mass is 10.0. The minimum atomic E-state index is -0.416. The van der Waals surface area contributed by atoms with Crippen molar-refractivity contribution in [1.29, 1.82) is 0 Å². The molecule has 2 aliphatic rings. The van der Waals surface area contributed by atoms with Gasteiger partial charge in [0.1, 0.15) is 12.2 Å². The number of nitrogens with one attached hydrogen (secondary N) is 2. The van der Waals surface area contributed by atoms with Crippen LogP contribution in [0.5, 0.6) is 0 Å². The predicted molar refractivity (Wildman–Crippen MR) is 209 cm³/mol. The molecule has 272 valence electrons. The third-order valence-electron chi connectivity index (χ3n) is 9.99. The van der Waals surface area contributed by atoms with Crippen LogP contribution in [0, 0.1) is 0 Å². The molecule has 9 heteroatoms. The molecular weight excluding hydrogens is 663 g/mol. The average molecular weight is 710 g/mol. The normalized spacial score (nSPS) is 15.8. The fourth-order valence-corrected chi connectivity index (χ4v) is 7.19. The number of ether oxygens (including phenoxy) is 2. The molecule has 53 heavy (non-hydrogen) atoms. The smallest absolute Gasteiger partial charge is 0.411 e. The van der Waals surface area contributed by atoms with Gasteiger partial charge in [0.25, 0.3) is 0 Å². The van der Waals surface area contributed by atoms with Crippen molar-refractivity contribution in [1.82, 2.24) is 14.8 Å². The van der Waals surface area contributed by atoms with Gasteiger partial charge in [-0.05, 0) is 73.1 Å². The molecule has 0 bridgehead atoms. The summed E-state index contributed by atoms with van der Waals surface area (Å²) in [4.78, 5) is 35.5. The first kappa shape index (κ1) is 35.9. The van der Waals surface area contributed by atoms with Crippen LogP contribution >= 0.6 is 0 Å². The van der Waals surface area contributed by atoms with E-state index in [0.717, 1.165) is 111 Å². The minimum absolute atomic E-state index is 0.116. The van der Waals surface area contributed by atoms with Crippen molar-refractivity contribution in [3.8, 4) is 11.1 Å². The van der Waals surface area contributed by atoms with Gasteiger partial charge >= 0.3 is 12.2 Å². The number of carbonyl (C=O) groups is 2. The molecule has 2 N–H and O–H groups in total. The molecule has 0 atom stereocenters. The first-order valence-electron chi connectivity index (χ1n) is 18.6. The number of hydrogen-bond donors (Lipinski definition) is 2. The number of hydrogen-bond acceptors (Lipinski definition) is 7. The molecular formula is C44H47N5O4. The Labute approximate surface area is 312 Å². The van der Waals surface area contributed by atoms with Crippen molar-refractivity contribution < 1.29 is 19.1 Å². The fraction of sp³-hybridized carbons (Fsp3) is 0.295. The number of rotatable bonds is 11. The summed E-state index contributed by atoms with van der Waals surface area (Å²) in [6.45, 7) is 4.88. The van der Waals surface area contributed by atoms with E-state index in [1.54, 1.807) is 0 Å².